The van der Waals surface area contributed by atoms with E-state index >= 15 is 0 Å². The van der Waals surface area contributed by atoms with Gasteiger partial charge in [0, 0.05) is 30.1 Å². The molecule has 0 spiro atoms. The normalized spacial score (nSPS) is 15.1. The molecule has 1 N–H and O–H groups in total. The van der Waals surface area contributed by atoms with E-state index in [0.717, 1.165) is 31.6 Å². The number of fused-ring (bicyclic) bond motifs is 1. The first-order valence-electron chi connectivity index (χ1n) is 9.19. The molecule has 1 aromatic heterocycles. The first kappa shape index (κ1) is 18.8. The van der Waals surface area contributed by atoms with Gasteiger partial charge in [-0.25, -0.2) is 8.78 Å². The number of carbonyl (C=O) groups is 1. The van der Waals surface area contributed by atoms with Gasteiger partial charge in [-0.15, -0.1) is 11.3 Å². The standard InChI is InChI=1S/C22H20F2N2OS/c23-18-8-7-16(12-19(18)24)22(27)25-13-20(21-6-3-11-28-21)26-10-9-15-4-1-2-5-17(15)14-26/h1-8,11-12,20H,9-10,13-14H2,(H,25,27)/t20-/m1/s1. The van der Waals surface area contributed by atoms with E-state index in [4.69, 9.17) is 0 Å². The second-order valence-corrected chi connectivity index (χ2v) is 7.84. The number of rotatable bonds is 5. The van der Waals surface area contributed by atoms with Gasteiger partial charge in [-0.3, -0.25) is 9.69 Å². The Hall–Kier alpha value is -2.57. The molecule has 3 nitrogen and oxygen atoms in total. The number of halogens is 2. The zero-order chi connectivity index (χ0) is 19.5. The predicted octanol–water partition coefficient (Wildman–Crippen LogP) is 4.56. The van der Waals surface area contributed by atoms with Gasteiger partial charge in [0.2, 0.25) is 0 Å². The Balaban J connectivity index is 1.50. The van der Waals surface area contributed by atoms with E-state index in [0.29, 0.717) is 6.54 Å². The summed E-state index contributed by atoms with van der Waals surface area (Å²) < 4.78 is 26.5. The maximum atomic E-state index is 13.4. The molecule has 2 heterocycles. The summed E-state index contributed by atoms with van der Waals surface area (Å²) in [5.74, 6) is -2.38. The second kappa shape index (κ2) is 8.20. The van der Waals surface area contributed by atoms with Gasteiger partial charge in [0.15, 0.2) is 11.6 Å². The summed E-state index contributed by atoms with van der Waals surface area (Å²) in [5.41, 5.74) is 2.80. The molecule has 28 heavy (non-hydrogen) atoms. The molecule has 0 saturated carbocycles. The molecule has 1 aliphatic rings. The van der Waals surface area contributed by atoms with Crippen molar-refractivity contribution >= 4 is 17.2 Å². The highest BCUT2D eigenvalue weighted by Gasteiger charge is 2.26. The van der Waals surface area contributed by atoms with Crippen LogP contribution in [-0.4, -0.2) is 23.9 Å². The summed E-state index contributed by atoms with van der Waals surface area (Å²) in [6, 6.07) is 15.7. The molecule has 0 fully saturated rings. The lowest BCUT2D eigenvalue weighted by atomic mass is 9.98. The molecule has 6 heteroatoms. The quantitative estimate of drug-likeness (QED) is 0.684. The van der Waals surface area contributed by atoms with Crippen molar-refractivity contribution in [3.8, 4) is 0 Å². The minimum atomic E-state index is -1.02. The summed E-state index contributed by atoms with van der Waals surface area (Å²) >= 11 is 1.66. The number of nitrogens with zero attached hydrogens (tertiary/aromatic N) is 1. The van der Waals surface area contributed by atoms with Crippen LogP contribution in [0, 0.1) is 11.6 Å². The highest BCUT2D eigenvalue weighted by Crippen LogP contribution is 2.30. The van der Waals surface area contributed by atoms with Crippen molar-refractivity contribution in [3.63, 3.8) is 0 Å². The average molecular weight is 398 g/mol. The molecule has 2 aromatic carbocycles. The Bertz CT molecular complexity index is 974. The second-order valence-electron chi connectivity index (χ2n) is 6.86. The highest BCUT2D eigenvalue weighted by molar-refractivity contribution is 7.10. The molecule has 1 atom stereocenters. The van der Waals surface area contributed by atoms with Crippen LogP contribution in [0.3, 0.4) is 0 Å². The van der Waals surface area contributed by atoms with Crippen LogP contribution in [0.15, 0.2) is 60.0 Å². The van der Waals surface area contributed by atoms with Crippen LogP contribution in [0.2, 0.25) is 0 Å². The van der Waals surface area contributed by atoms with Gasteiger partial charge in [0.05, 0.1) is 6.04 Å². The molecule has 1 aliphatic heterocycles. The molecule has 0 aliphatic carbocycles. The van der Waals surface area contributed by atoms with E-state index in [1.54, 1.807) is 11.3 Å². The van der Waals surface area contributed by atoms with Crippen molar-refractivity contribution in [1.82, 2.24) is 10.2 Å². The van der Waals surface area contributed by atoms with Crippen LogP contribution < -0.4 is 5.32 Å². The molecule has 0 bridgehead atoms. The molecule has 3 aromatic rings. The minimum Gasteiger partial charge on any atom is -0.350 e. The van der Waals surface area contributed by atoms with Gasteiger partial charge in [-0.1, -0.05) is 30.3 Å². The zero-order valence-corrected chi connectivity index (χ0v) is 16.0. The lowest BCUT2D eigenvalue weighted by Gasteiger charge is -2.35. The third-order valence-electron chi connectivity index (χ3n) is 5.11. The fraction of sp³-hybridized carbons (Fsp3) is 0.227. The Morgan fingerprint density at radius 2 is 1.89 bits per heavy atom. The molecule has 4 rings (SSSR count). The van der Waals surface area contributed by atoms with E-state index in [1.807, 2.05) is 17.5 Å². The Labute approximate surface area is 166 Å². The number of benzene rings is 2. The van der Waals surface area contributed by atoms with Crippen LogP contribution in [0.1, 0.15) is 32.4 Å². The Morgan fingerprint density at radius 3 is 2.64 bits per heavy atom. The molecular formula is C22H20F2N2OS. The van der Waals surface area contributed by atoms with Gasteiger partial charge in [0.25, 0.3) is 5.91 Å². The van der Waals surface area contributed by atoms with E-state index in [2.05, 4.69) is 34.5 Å². The molecular weight excluding hydrogens is 378 g/mol. The van der Waals surface area contributed by atoms with Crippen LogP contribution in [0.4, 0.5) is 8.78 Å². The van der Waals surface area contributed by atoms with Gasteiger partial charge in [-0.05, 0) is 47.2 Å². The molecule has 0 radical (unpaired) electrons. The van der Waals surface area contributed by atoms with Crippen molar-refractivity contribution in [1.29, 1.82) is 0 Å². The molecule has 144 valence electrons. The number of hydrogen-bond donors (Lipinski definition) is 1. The maximum absolute atomic E-state index is 13.4. The summed E-state index contributed by atoms with van der Waals surface area (Å²) in [6.07, 6.45) is 0.967. The van der Waals surface area contributed by atoms with E-state index in [1.165, 1.54) is 22.1 Å². The Kier molecular flexibility index (Phi) is 5.50. The Morgan fingerprint density at radius 1 is 1.07 bits per heavy atom. The van der Waals surface area contributed by atoms with Gasteiger partial charge < -0.3 is 5.32 Å². The topological polar surface area (TPSA) is 32.3 Å². The smallest absolute Gasteiger partial charge is 0.251 e. The lowest BCUT2D eigenvalue weighted by molar-refractivity contribution is 0.0928. The van der Waals surface area contributed by atoms with Crippen molar-refractivity contribution < 1.29 is 13.6 Å². The largest absolute Gasteiger partial charge is 0.350 e. The van der Waals surface area contributed by atoms with Crippen LogP contribution in [0.25, 0.3) is 0 Å². The van der Waals surface area contributed by atoms with Gasteiger partial charge >= 0.3 is 0 Å². The van der Waals surface area contributed by atoms with E-state index in [-0.39, 0.29) is 11.6 Å². The third-order valence-corrected chi connectivity index (χ3v) is 6.08. The van der Waals surface area contributed by atoms with E-state index in [9.17, 15) is 13.6 Å². The lowest BCUT2D eigenvalue weighted by Crippen LogP contribution is -2.40. The number of hydrogen-bond acceptors (Lipinski definition) is 3. The van der Waals surface area contributed by atoms with Crippen molar-refractivity contribution in [2.24, 2.45) is 0 Å². The van der Waals surface area contributed by atoms with Crippen molar-refractivity contribution in [2.45, 2.75) is 19.0 Å². The van der Waals surface area contributed by atoms with Crippen LogP contribution in [0.5, 0.6) is 0 Å². The predicted molar refractivity (Wildman–Crippen MR) is 106 cm³/mol. The molecule has 0 saturated heterocycles. The fourth-order valence-corrected chi connectivity index (χ4v) is 4.46. The maximum Gasteiger partial charge on any atom is 0.251 e. The van der Waals surface area contributed by atoms with Crippen molar-refractivity contribution in [3.05, 3.63) is 93.2 Å². The zero-order valence-electron chi connectivity index (χ0n) is 15.2. The number of thiophene rings is 1. The SMILES string of the molecule is O=C(NC[C@H](c1cccs1)N1CCc2ccccc2C1)c1ccc(F)c(F)c1. The first-order valence-corrected chi connectivity index (χ1v) is 10.1. The summed E-state index contributed by atoms with van der Waals surface area (Å²) in [4.78, 5) is 16.0. The van der Waals surface area contributed by atoms with Crippen LogP contribution in [-0.2, 0) is 13.0 Å². The van der Waals surface area contributed by atoms with Crippen LogP contribution >= 0.6 is 11.3 Å². The number of amides is 1. The summed E-state index contributed by atoms with van der Waals surface area (Å²) in [7, 11) is 0. The molecule has 0 unspecified atom stereocenters. The monoisotopic (exact) mass is 398 g/mol. The minimum absolute atomic E-state index is 0.0302. The fourth-order valence-electron chi connectivity index (χ4n) is 3.60. The van der Waals surface area contributed by atoms with Gasteiger partial charge in [0.1, 0.15) is 0 Å². The van der Waals surface area contributed by atoms with E-state index < -0.39 is 17.5 Å². The van der Waals surface area contributed by atoms with Crippen molar-refractivity contribution in [2.75, 3.05) is 13.1 Å². The highest BCUT2D eigenvalue weighted by atomic mass is 32.1. The third kappa shape index (κ3) is 3.98. The number of nitrogens with one attached hydrogen (secondary N) is 1. The number of carbonyl (C=O) groups excluding carboxylic acids is 1. The van der Waals surface area contributed by atoms with Gasteiger partial charge in [-0.2, -0.15) is 0 Å². The molecule has 1 amide bonds. The first-order chi connectivity index (χ1) is 13.6. The summed E-state index contributed by atoms with van der Waals surface area (Å²) in [5, 5.41) is 4.92. The average Bonchev–Trinajstić information content (AvgIpc) is 3.24. The summed E-state index contributed by atoms with van der Waals surface area (Å²) in [6.45, 7) is 2.13.